The van der Waals surface area contributed by atoms with Crippen LogP contribution in [0.2, 0.25) is 0 Å². The molecule has 2 fully saturated rings. The van der Waals surface area contributed by atoms with E-state index in [1.807, 2.05) is 0 Å². The van der Waals surface area contributed by atoms with E-state index in [9.17, 15) is 4.79 Å². The summed E-state index contributed by atoms with van der Waals surface area (Å²) in [5.41, 5.74) is 0.385. The Morgan fingerprint density at radius 3 is 2.62 bits per heavy atom. The minimum atomic E-state index is -0.679. The molecule has 0 aliphatic heterocycles. The Morgan fingerprint density at radius 1 is 1.29 bits per heavy atom. The van der Waals surface area contributed by atoms with Crippen LogP contribution in [0.3, 0.4) is 0 Å². The highest BCUT2D eigenvalue weighted by Gasteiger charge is 2.56. The molecule has 0 bridgehead atoms. The molecule has 21 heavy (non-hydrogen) atoms. The molecular formula is C17H31NO3. The first-order valence-corrected chi connectivity index (χ1v) is 8.64. The van der Waals surface area contributed by atoms with E-state index in [4.69, 9.17) is 9.84 Å². The monoisotopic (exact) mass is 297 g/mol. The molecule has 0 radical (unpaired) electrons. The Morgan fingerprint density at radius 2 is 2.00 bits per heavy atom. The highest BCUT2D eigenvalue weighted by Crippen LogP contribution is 2.55. The second-order valence-corrected chi connectivity index (χ2v) is 6.82. The zero-order valence-corrected chi connectivity index (χ0v) is 13.6. The van der Waals surface area contributed by atoms with E-state index in [0.29, 0.717) is 24.0 Å². The van der Waals surface area contributed by atoms with Gasteiger partial charge in [0.1, 0.15) is 0 Å². The number of carboxylic acid groups (broad SMARTS) is 1. The summed E-state index contributed by atoms with van der Waals surface area (Å²) in [6.45, 7) is 3.93. The molecule has 1 spiro atoms. The third-order valence-electron chi connectivity index (χ3n) is 5.58. The maximum atomic E-state index is 10.6. The fraction of sp³-hybridized carbons (Fsp3) is 0.941. The van der Waals surface area contributed by atoms with Crippen molar-refractivity contribution in [2.75, 3.05) is 20.2 Å². The van der Waals surface area contributed by atoms with Gasteiger partial charge in [0.05, 0.1) is 6.10 Å². The summed E-state index contributed by atoms with van der Waals surface area (Å²) in [5, 5.41) is 8.71. The molecule has 0 amide bonds. The van der Waals surface area contributed by atoms with Gasteiger partial charge in [0.2, 0.25) is 0 Å². The van der Waals surface area contributed by atoms with E-state index in [1.54, 1.807) is 0 Å². The van der Waals surface area contributed by atoms with E-state index in [-0.39, 0.29) is 0 Å². The molecule has 1 N–H and O–H groups in total. The number of ether oxygens (including phenoxy) is 1. The smallest absolute Gasteiger partial charge is 0.303 e. The van der Waals surface area contributed by atoms with Gasteiger partial charge in [-0.15, -0.1) is 0 Å². The van der Waals surface area contributed by atoms with E-state index >= 15 is 0 Å². The molecular weight excluding hydrogens is 266 g/mol. The molecule has 2 aliphatic rings. The number of carboxylic acids is 1. The van der Waals surface area contributed by atoms with Gasteiger partial charge < -0.3 is 14.7 Å². The lowest BCUT2D eigenvalue weighted by atomic mass is 9.54. The van der Waals surface area contributed by atoms with Crippen molar-refractivity contribution in [3.63, 3.8) is 0 Å². The van der Waals surface area contributed by atoms with Crippen molar-refractivity contribution in [3.05, 3.63) is 0 Å². The quantitative estimate of drug-likeness (QED) is 0.698. The topological polar surface area (TPSA) is 49.8 Å². The Kier molecular flexibility index (Phi) is 6.06. The lowest BCUT2D eigenvalue weighted by Gasteiger charge is -2.60. The van der Waals surface area contributed by atoms with Crippen molar-refractivity contribution in [1.82, 2.24) is 4.90 Å². The molecule has 2 saturated carbocycles. The molecule has 4 nitrogen and oxygen atoms in total. The summed E-state index contributed by atoms with van der Waals surface area (Å²) in [4.78, 5) is 13.0. The number of carbonyl (C=O) groups is 1. The molecule has 0 heterocycles. The summed E-state index contributed by atoms with van der Waals surface area (Å²) < 4.78 is 6.00. The van der Waals surface area contributed by atoms with Gasteiger partial charge >= 0.3 is 5.97 Å². The summed E-state index contributed by atoms with van der Waals surface area (Å²) in [7, 11) is 2.21. The van der Waals surface area contributed by atoms with Gasteiger partial charge in [-0.25, -0.2) is 0 Å². The number of aliphatic carboxylic acids is 1. The standard InChI is InChI=1S/C17H31NO3/c1-3-21-15-13-14(17(15)10-6-4-7-11-17)18(2)12-8-5-9-16(19)20/h14-15H,3-13H2,1-2H3,(H,19,20). The van der Waals surface area contributed by atoms with Crippen LogP contribution in [-0.2, 0) is 9.53 Å². The molecule has 2 atom stereocenters. The molecule has 0 aromatic rings. The molecule has 0 aromatic heterocycles. The van der Waals surface area contributed by atoms with Crippen LogP contribution in [0.1, 0.15) is 64.7 Å². The average molecular weight is 297 g/mol. The Balaban J connectivity index is 1.84. The van der Waals surface area contributed by atoms with Crippen LogP contribution in [0, 0.1) is 5.41 Å². The van der Waals surface area contributed by atoms with Gasteiger partial charge in [-0.3, -0.25) is 4.79 Å². The summed E-state index contributed by atoms with van der Waals surface area (Å²) in [5.74, 6) is -0.679. The zero-order valence-electron chi connectivity index (χ0n) is 13.6. The second kappa shape index (κ2) is 7.59. The normalized spacial score (nSPS) is 27.8. The third kappa shape index (κ3) is 3.78. The van der Waals surface area contributed by atoms with Crippen molar-refractivity contribution in [2.24, 2.45) is 5.41 Å². The fourth-order valence-corrected chi connectivity index (χ4v) is 4.44. The first-order chi connectivity index (χ1) is 10.1. The van der Waals surface area contributed by atoms with Crippen molar-refractivity contribution in [3.8, 4) is 0 Å². The summed E-state index contributed by atoms with van der Waals surface area (Å²) in [6.07, 6.45) is 10.3. The average Bonchev–Trinajstić information content (AvgIpc) is 2.48. The molecule has 0 aromatic carbocycles. The number of nitrogens with zero attached hydrogens (tertiary/aromatic N) is 1. The molecule has 2 rings (SSSR count). The van der Waals surface area contributed by atoms with Gasteiger partial charge in [-0.05, 0) is 52.6 Å². The fourth-order valence-electron chi connectivity index (χ4n) is 4.44. The number of hydrogen-bond acceptors (Lipinski definition) is 3. The molecule has 2 aliphatic carbocycles. The van der Waals surface area contributed by atoms with Crippen molar-refractivity contribution in [2.45, 2.75) is 76.9 Å². The van der Waals surface area contributed by atoms with Crippen molar-refractivity contribution >= 4 is 5.97 Å². The predicted molar refractivity (Wildman–Crippen MR) is 83.5 cm³/mol. The minimum absolute atomic E-state index is 0.297. The molecule has 122 valence electrons. The van der Waals surface area contributed by atoms with E-state index < -0.39 is 5.97 Å². The highest BCUT2D eigenvalue weighted by molar-refractivity contribution is 5.66. The van der Waals surface area contributed by atoms with Crippen LogP contribution in [-0.4, -0.2) is 48.3 Å². The molecule has 4 heteroatoms. The highest BCUT2D eigenvalue weighted by atomic mass is 16.5. The van der Waals surface area contributed by atoms with E-state index in [0.717, 1.165) is 32.4 Å². The van der Waals surface area contributed by atoms with Gasteiger partial charge in [0.25, 0.3) is 0 Å². The second-order valence-electron chi connectivity index (χ2n) is 6.82. The van der Waals surface area contributed by atoms with Crippen LogP contribution < -0.4 is 0 Å². The van der Waals surface area contributed by atoms with Crippen LogP contribution in [0.25, 0.3) is 0 Å². The number of hydrogen-bond donors (Lipinski definition) is 1. The van der Waals surface area contributed by atoms with Crippen LogP contribution in [0.5, 0.6) is 0 Å². The van der Waals surface area contributed by atoms with E-state index in [2.05, 4.69) is 18.9 Å². The molecule has 0 saturated heterocycles. The summed E-state index contributed by atoms with van der Waals surface area (Å²) >= 11 is 0. The van der Waals surface area contributed by atoms with Gasteiger partial charge in [0, 0.05) is 24.5 Å². The third-order valence-corrected chi connectivity index (χ3v) is 5.58. The Hall–Kier alpha value is -0.610. The van der Waals surface area contributed by atoms with Gasteiger partial charge in [-0.1, -0.05) is 19.3 Å². The van der Waals surface area contributed by atoms with Crippen molar-refractivity contribution < 1.29 is 14.6 Å². The first kappa shape index (κ1) is 16.8. The summed E-state index contributed by atoms with van der Waals surface area (Å²) in [6, 6.07) is 0.638. The van der Waals surface area contributed by atoms with Gasteiger partial charge in [0.15, 0.2) is 0 Å². The maximum absolute atomic E-state index is 10.6. The van der Waals surface area contributed by atoms with Crippen LogP contribution in [0.4, 0.5) is 0 Å². The SMILES string of the molecule is CCOC1CC(N(C)CCCCC(=O)O)C12CCCCC2. The molecule has 2 unspecified atom stereocenters. The number of rotatable bonds is 8. The van der Waals surface area contributed by atoms with Crippen molar-refractivity contribution in [1.29, 1.82) is 0 Å². The predicted octanol–water partition coefficient (Wildman–Crippen LogP) is 3.30. The lowest BCUT2D eigenvalue weighted by Crippen LogP contribution is -2.64. The lowest BCUT2D eigenvalue weighted by molar-refractivity contribution is -0.178. The first-order valence-electron chi connectivity index (χ1n) is 8.64. The maximum Gasteiger partial charge on any atom is 0.303 e. The Bertz CT molecular complexity index is 339. The van der Waals surface area contributed by atoms with Crippen LogP contribution in [0.15, 0.2) is 0 Å². The van der Waals surface area contributed by atoms with E-state index in [1.165, 1.54) is 32.1 Å². The Labute approximate surface area is 128 Å². The largest absolute Gasteiger partial charge is 0.481 e. The number of unbranched alkanes of at least 4 members (excludes halogenated alkanes) is 1. The van der Waals surface area contributed by atoms with Gasteiger partial charge in [-0.2, -0.15) is 0 Å². The van der Waals surface area contributed by atoms with Crippen LogP contribution >= 0.6 is 0 Å². The minimum Gasteiger partial charge on any atom is -0.481 e. The zero-order chi connectivity index (χ0) is 15.3.